The summed E-state index contributed by atoms with van der Waals surface area (Å²) in [6, 6.07) is 8.15. The predicted octanol–water partition coefficient (Wildman–Crippen LogP) is 5.77. The monoisotopic (exact) mass is 511 g/mol. The van der Waals surface area contributed by atoms with Crippen molar-refractivity contribution in [3.8, 4) is 0 Å². The first-order chi connectivity index (χ1) is 15.8. The summed E-state index contributed by atoms with van der Waals surface area (Å²) in [5, 5.41) is 23.3. The van der Waals surface area contributed by atoms with Crippen LogP contribution in [-0.4, -0.2) is 66.7 Å². The van der Waals surface area contributed by atoms with Crippen LogP contribution in [0.25, 0.3) is 0 Å². The quantitative estimate of drug-likeness (QED) is 0.211. The van der Waals surface area contributed by atoms with Gasteiger partial charge < -0.3 is 9.80 Å². The van der Waals surface area contributed by atoms with E-state index in [1.807, 2.05) is 12.1 Å². The van der Waals surface area contributed by atoms with Crippen LogP contribution in [0.5, 0.6) is 0 Å². The minimum atomic E-state index is -0.570. The number of azo groups is 1. The molecule has 3 heterocycles. The third kappa shape index (κ3) is 5.65. The molecule has 33 heavy (non-hydrogen) atoms. The van der Waals surface area contributed by atoms with Crippen LogP contribution in [0.3, 0.4) is 0 Å². The van der Waals surface area contributed by atoms with Gasteiger partial charge in [0.1, 0.15) is 11.4 Å². The molecular formula is C22H26Cl3N6O2+. The lowest BCUT2D eigenvalue weighted by Gasteiger charge is -2.50. The fourth-order valence-corrected chi connectivity index (χ4v) is 5.21. The Morgan fingerprint density at radius 1 is 1.06 bits per heavy atom. The Morgan fingerprint density at radius 3 is 2.27 bits per heavy atom. The Hall–Kier alpha value is -1.81. The van der Waals surface area contributed by atoms with E-state index in [0.29, 0.717) is 10.7 Å². The first-order valence-electron chi connectivity index (χ1n) is 10.9. The van der Waals surface area contributed by atoms with E-state index in [2.05, 4.69) is 27.4 Å². The van der Waals surface area contributed by atoms with E-state index in [1.165, 1.54) is 55.9 Å². The highest BCUT2D eigenvalue weighted by molar-refractivity contribution is 6.39. The summed E-state index contributed by atoms with van der Waals surface area (Å²) >= 11 is 18.6. The topological polar surface area (TPSA) is 83.1 Å². The van der Waals surface area contributed by atoms with Crippen LogP contribution in [0.1, 0.15) is 18.5 Å². The van der Waals surface area contributed by atoms with Gasteiger partial charge in [-0.2, -0.15) is 0 Å². The number of hydrogen-bond acceptors (Lipinski definition) is 6. The summed E-state index contributed by atoms with van der Waals surface area (Å²) in [6.45, 7) is 11.6. The third-order valence-corrected chi connectivity index (χ3v) is 7.53. The number of fused-ring (bicyclic) bond motifs is 3. The molecule has 0 amide bonds. The Labute approximate surface area is 207 Å². The molecule has 0 saturated carbocycles. The molecule has 176 valence electrons. The van der Waals surface area contributed by atoms with E-state index in [1.54, 1.807) is 6.07 Å². The SMILES string of the molecule is CC(NCC[N+]12CCN(CC1)CC2)c1ccc(N=Nc2c(Cl)cc([N+](=O)[O-])cc2Cl)c(Cl)c1. The number of nitro groups is 1. The molecule has 5 rings (SSSR count). The van der Waals surface area contributed by atoms with Crippen LogP contribution in [-0.2, 0) is 0 Å². The maximum atomic E-state index is 10.9. The standard InChI is InChI=1S/C22H26Cl3N6O2/c1-15(26-4-8-31-9-5-29(6-10-31)7-11-31)16-2-3-21(18(23)12-16)27-28-22-19(24)13-17(30(32)33)14-20(22)25/h2-3,12-15,26H,4-11H2,1H3/q+1. The fraction of sp³-hybridized carbons (Fsp3) is 0.455. The van der Waals surface area contributed by atoms with Crippen molar-refractivity contribution in [2.75, 3.05) is 52.4 Å². The molecule has 3 fully saturated rings. The van der Waals surface area contributed by atoms with Crippen molar-refractivity contribution < 1.29 is 9.41 Å². The van der Waals surface area contributed by atoms with Crippen molar-refractivity contribution in [1.82, 2.24) is 10.2 Å². The van der Waals surface area contributed by atoms with Gasteiger partial charge in [-0.25, -0.2) is 0 Å². The van der Waals surface area contributed by atoms with Crippen molar-refractivity contribution in [2.24, 2.45) is 10.2 Å². The van der Waals surface area contributed by atoms with E-state index in [0.717, 1.165) is 18.7 Å². The maximum absolute atomic E-state index is 10.9. The Morgan fingerprint density at radius 2 is 1.70 bits per heavy atom. The van der Waals surface area contributed by atoms with Crippen molar-refractivity contribution in [2.45, 2.75) is 13.0 Å². The number of nitro benzene ring substituents is 1. The lowest BCUT2D eigenvalue weighted by Crippen LogP contribution is -2.68. The summed E-state index contributed by atoms with van der Waals surface area (Å²) in [7, 11) is 0. The van der Waals surface area contributed by atoms with Gasteiger partial charge in [0.15, 0.2) is 0 Å². The largest absolute Gasteiger partial charge is 0.319 e. The molecular weight excluding hydrogens is 487 g/mol. The number of benzene rings is 2. The first-order valence-corrected chi connectivity index (χ1v) is 12.1. The van der Waals surface area contributed by atoms with Gasteiger partial charge in [-0.15, -0.1) is 10.2 Å². The predicted molar refractivity (Wildman–Crippen MR) is 131 cm³/mol. The molecule has 2 aromatic rings. The van der Waals surface area contributed by atoms with Crippen LogP contribution in [0.15, 0.2) is 40.6 Å². The molecule has 0 aliphatic carbocycles. The maximum Gasteiger partial charge on any atom is 0.272 e. The number of non-ortho nitro benzene ring substituents is 1. The van der Waals surface area contributed by atoms with Crippen molar-refractivity contribution in [1.29, 1.82) is 0 Å². The molecule has 0 spiro atoms. The second kappa shape index (κ2) is 10.2. The van der Waals surface area contributed by atoms with Gasteiger partial charge in [0, 0.05) is 44.4 Å². The lowest BCUT2D eigenvalue weighted by atomic mass is 10.1. The van der Waals surface area contributed by atoms with Crippen LogP contribution >= 0.6 is 34.8 Å². The average molecular weight is 513 g/mol. The first kappa shape index (κ1) is 24.3. The van der Waals surface area contributed by atoms with Crippen molar-refractivity contribution in [3.63, 3.8) is 0 Å². The number of piperazine rings is 3. The minimum Gasteiger partial charge on any atom is -0.319 e. The fourth-order valence-electron chi connectivity index (χ4n) is 4.43. The molecule has 2 bridgehead atoms. The number of rotatable bonds is 8. The molecule has 3 aliphatic rings. The molecule has 8 nitrogen and oxygen atoms in total. The molecule has 0 radical (unpaired) electrons. The number of halogens is 3. The summed E-state index contributed by atoms with van der Waals surface area (Å²) in [5.74, 6) is 0. The highest BCUT2D eigenvalue weighted by atomic mass is 35.5. The van der Waals surface area contributed by atoms with E-state index in [9.17, 15) is 10.1 Å². The molecule has 11 heteroatoms. The van der Waals surface area contributed by atoms with E-state index >= 15 is 0 Å². The van der Waals surface area contributed by atoms with E-state index < -0.39 is 4.92 Å². The smallest absolute Gasteiger partial charge is 0.272 e. The van der Waals surface area contributed by atoms with Gasteiger partial charge in [0.05, 0.1) is 46.2 Å². The van der Waals surface area contributed by atoms with Gasteiger partial charge in [-0.05, 0) is 24.6 Å². The number of nitrogens with zero attached hydrogens (tertiary/aromatic N) is 5. The van der Waals surface area contributed by atoms with E-state index in [4.69, 9.17) is 34.8 Å². The highest BCUT2D eigenvalue weighted by Crippen LogP contribution is 2.38. The number of quaternary nitrogens is 1. The normalized spacial score (nSPS) is 23.2. The van der Waals surface area contributed by atoms with Gasteiger partial charge in [0.25, 0.3) is 5.69 Å². The van der Waals surface area contributed by atoms with Gasteiger partial charge in [0.2, 0.25) is 0 Å². The molecule has 1 N–H and O–H groups in total. The van der Waals surface area contributed by atoms with Crippen molar-refractivity contribution in [3.05, 3.63) is 61.1 Å². The minimum absolute atomic E-state index is 0.0463. The van der Waals surface area contributed by atoms with Gasteiger partial charge in [-0.1, -0.05) is 40.9 Å². The molecule has 3 aliphatic heterocycles. The van der Waals surface area contributed by atoms with Crippen LogP contribution in [0, 0.1) is 10.1 Å². The Balaban J connectivity index is 1.38. The molecule has 0 aromatic heterocycles. The highest BCUT2D eigenvalue weighted by Gasteiger charge is 2.37. The number of nitrogens with one attached hydrogen (secondary N) is 1. The summed E-state index contributed by atoms with van der Waals surface area (Å²) in [6.07, 6.45) is 0. The van der Waals surface area contributed by atoms with Crippen LogP contribution < -0.4 is 5.32 Å². The summed E-state index contributed by atoms with van der Waals surface area (Å²) in [4.78, 5) is 12.9. The second-order valence-electron chi connectivity index (χ2n) is 8.68. The molecule has 2 aromatic carbocycles. The van der Waals surface area contributed by atoms with Crippen molar-refractivity contribution >= 4 is 51.9 Å². The third-order valence-electron chi connectivity index (χ3n) is 6.65. The van der Waals surface area contributed by atoms with Crippen LogP contribution in [0.4, 0.5) is 17.1 Å². The van der Waals surface area contributed by atoms with Crippen LogP contribution in [0.2, 0.25) is 15.1 Å². The lowest BCUT2D eigenvalue weighted by molar-refractivity contribution is -0.939. The van der Waals surface area contributed by atoms with Gasteiger partial charge in [-0.3, -0.25) is 15.0 Å². The number of hydrogen-bond donors (Lipinski definition) is 1. The Bertz CT molecular complexity index is 1040. The Kier molecular flexibility index (Phi) is 7.53. The summed E-state index contributed by atoms with van der Waals surface area (Å²) in [5.41, 5.74) is 1.47. The summed E-state index contributed by atoms with van der Waals surface area (Å²) < 4.78 is 1.23. The molecule has 1 atom stereocenters. The molecule has 1 unspecified atom stereocenters. The van der Waals surface area contributed by atoms with Gasteiger partial charge >= 0.3 is 0 Å². The van der Waals surface area contributed by atoms with E-state index in [-0.39, 0.29) is 27.5 Å². The average Bonchev–Trinajstić information content (AvgIpc) is 2.80. The zero-order chi connectivity index (χ0) is 23.6. The zero-order valence-corrected chi connectivity index (χ0v) is 20.6. The second-order valence-corrected chi connectivity index (χ2v) is 9.90. The molecule has 3 saturated heterocycles. The zero-order valence-electron chi connectivity index (χ0n) is 18.3.